The molecule has 0 heterocycles. The molecule has 45 heavy (non-hydrogen) atoms. The second-order valence-corrected chi connectivity index (χ2v) is 13.2. The number of hydrogen-bond acceptors (Lipinski definition) is 4. The predicted molar refractivity (Wildman–Crippen MR) is 176 cm³/mol. The molecule has 0 bridgehead atoms. The lowest BCUT2D eigenvalue weighted by atomic mass is 10.0. The van der Waals surface area contributed by atoms with E-state index >= 15 is 4.39 Å². The Morgan fingerprint density at radius 1 is 0.844 bits per heavy atom. The van der Waals surface area contributed by atoms with Gasteiger partial charge in [-0.05, 0) is 74.2 Å². The van der Waals surface area contributed by atoms with Crippen molar-refractivity contribution in [3.8, 4) is 0 Å². The quantitative estimate of drug-likeness (QED) is 0.191. The summed E-state index contributed by atoms with van der Waals surface area (Å²) < 4.78 is 44.4. The highest BCUT2D eigenvalue weighted by Gasteiger charge is 2.35. The molecule has 0 saturated heterocycles. The van der Waals surface area contributed by atoms with Crippen molar-refractivity contribution in [2.75, 3.05) is 10.8 Å². The fraction of sp³-hybridized carbons (Fsp3) is 0.278. The lowest BCUT2D eigenvalue weighted by Crippen LogP contribution is -2.54. The number of rotatable bonds is 13. The molecular formula is C36H40FN3O4S. The van der Waals surface area contributed by atoms with E-state index in [-0.39, 0.29) is 29.5 Å². The first kappa shape index (κ1) is 33.4. The highest BCUT2D eigenvalue weighted by atomic mass is 32.2. The molecule has 0 radical (unpaired) electrons. The maximum atomic E-state index is 15.1. The maximum Gasteiger partial charge on any atom is 0.264 e. The van der Waals surface area contributed by atoms with Crippen LogP contribution in [0.2, 0.25) is 0 Å². The molecule has 2 amide bonds. The number of amides is 2. The molecule has 0 unspecified atom stereocenters. The van der Waals surface area contributed by atoms with Gasteiger partial charge in [0, 0.05) is 24.6 Å². The number of nitrogens with zero attached hydrogens (tertiary/aromatic N) is 2. The number of nitrogens with one attached hydrogen (secondary N) is 1. The minimum atomic E-state index is -4.21. The number of anilines is 1. The molecule has 2 atom stereocenters. The Kier molecular flexibility index (Phi) is 11.1. The van der Waals surface area contributed by atoms with Crippen LogP contribution in [-0.4, -0.2) is 43.8 Å². The van der Waals surface area contributed by atoms with E-state index in [1.165, 1.54) is 23.1 Å². The molecule has 4 rings (SSSR count). The van der Waals surface area contributed by atoms with Crippen molar-refractivity contribution in [2.45, 2.75) is 64.1 Å². The topological polar surface area (TPSA) is 86.8 Å². The van der Waals surface area contributed by atoms with Gasteiger partial charge in [0.05, 0.1) is 10.6 Å². The van der Waals surface area contributed by atoms with Crippen molar-refractivity contribution in [3.05, 3.63) is 131 Å². The normalized spacial score (nSPS) is 12.6. The van der Waals surface area contributed by atoms with Gasteiger partial charge in [0.1, 0.15) is 18.4 Å². The lowest BCUT2D eigenvalue weighted by molar-refractivity contribution is -0.140. The van der Waals surface area contributed by atoms with E-state index in [9.17, 15) is 18.0 Å². The molecule has 1 N–H and O–H groups in total. The summed E-state index contributed by atoms with van der Waals surface area (Å²) in [5, 5.41) is 2.98. The minimum absolute atomic E-state index is 0.0213. The maximum absolute atomic E-state index is 15.1. The van der Waals surface area contributed by atoms with E-state index in [1.54, 1.807) is 48.5 Å². The van der Waals surface area contributed by atoms with Crippen LogP contribution in [0.25, 0.3) is 0 Å². The third-order valence-corrected chi connectivity index (χ3v) is 9.46. The van der Waals surface area contributed by atoms with Gasteiger partial charge in [-0.25, -0.2) is 12.8 Å². The number of sulfonamides is 1. The molecule has 0 spiro atoms. The second-order valence-electron chi connectivity index (χ2n) is 11.3. The zero-order chi connectivity index (χ0) is 32.6. The van der Waals surface area contributed by atoms with Crippen LogP contribution >= 0.6 is 0 Å². The second kappa shape index (κ2) is 15.0. The summed E-state index contributed by atoms with van der Waals surface area (Å²) in [6, 6.07) is 27.3. The molecule has 4 aromatic carbocycles. The molecule has 0 aliphatic rings. The number of aryl methyl sites for hydroxylation is 2. The fourth-order valence-corrected chi connectivity index (χ4v) is 6.57. The highest BCUT2D eigenvalue weighted by molar-refractivity contribution is 7.92. The fourth-order valence-electron chi connectivity index (χ4n) is 5.15. The Balaban J connectivity index is 1.83. The van der Waals surface area contributed by atoms with Gasteiger partial charge in [-0.1, -0.05) is 79.7 Å². The zero-order valence-corrected chi connectivity index (χ0v) is 26.9. The number of hydrogen-bond donors (Lipinski definition) is 1. The first-order valence-electron chi connectivity index (χ1n) is 15.0. The van der Waals surface area contributed by atoms with Crippen LogP contribution in [-0.2, 0) is 32.6 Å². The molecule has 0 fully saturated rings. The van der Waals surface area contributed by atoms with Gasteiger partial charge in [-0.2, -0.15) is 0 Å². The summed E-state index contributed by atoms with van der Waals surface area (Å²) in [6.07, 6.45) is 0.819. The van der Waals surface area contributed by atoms with Gasteiger partial charge < -0.3 is 10.2 Å². The third-order valence-electron chi connectivity index (χ3n) is 7.68. The number of carbonyl (C=O) groups is 2. The monoisotopic (exact) mass is 629 g/mol. The van der Waals surface area contributed by atoms with E-state index in [2.05, 4.69) is 5.32 Å². The molecule has 0 saturated carbocycles. The van der Waals surface area contributed by atoms with Crippen LogP contribution in [0.5, 0.6) is 0 Å². The SMILES string of the molecule is CC[C@H](C)NC(=O)[C@H](Cc1ccccc1)N(Cc1ccccc1F)C(=O)CN(c1cc(C)cc(C)c1)S(=O)(=O)c1ccccc1. The van der Waals surface area contributed by atoms with E-state index in [1.807, 2.05) is 64.1 Å². The smallest absolute Gasteiger partial charge is 0.264 e. The van der Waals surface area contributed by atoms with E-state index < -0.39 is 40.2 Å². The van der Waals surface area contributed by atoms with Crippen LogP contribution in [0.4, 0.5) is 10.1 Å². The van der Waals surface area contributed by atoms with E-state index in [4.69, 9.17) is 0 Å². The Bertz CT molecular complexity index is 1690. The zero-order valence-electron chi connectivity index (χ0n) is 26.1. The molecule has 9 heteroatoms. The number of carbonyl (C=O) groups excluding carboxylic acids is 2. The van der Waals surface area contributed by atoms with Crippen molar-refractivity contribution in [2.24, 2.45) is 0 Å². The summed E-state index contributed by atoms with van der Waals surface area (Å²) >= 11 is 0. The number of benzene rings is 4. The third kappa shape index (κ3) is 8.57. The van der Waals surface area contributed by atoms with Crippen molar-refractivity contribution in [1.82, 2.24) is 10.2 Å². The summed E-state index contributed by atoms with van der Waals surface area (Å²) in [6.45, 7) is 6.68. The van der Waals surface area contributed by atoms with Gasteiger partial charge in [0.25, 0.3) is 10.0 Å². The van der Waals surface area contributed by atoms with Gasteiger partial charge in [0.2, 0.25) is 11.8 Å². The summed E-state index contributed by atoms with van der Waals surface area (Å²) in [7, 11) is -4.21. The van der Waals surface area contributed by atoms with Crippen LogP contribution in [0.3, 0.4) is 0 Å². The first-order valence-corrected chi connectivity index (χ1v) is 16.5. The van der Waals surface area contributed by atoms with Gasteiger partial charge in [0.15, 0.2) is 0 Å². The molecule has 0 aromatic heterocycles. The molecule has 4 aromatic rings. The van der Waals surface area contributed by atoms with Crippen LogP contribution in [0.1, 0.15) is 42.5 Å². The van der Waals surface area contributed by atoms with E-state index in [0.29, 0.717) is 12.1 Å². The van der Waals surface area contributed by atoms with Crippen LogP contribution in [0.15, 0.2) is 108 Å². The van der Waals surface area contributed by atoms with Crippen LogP contribution in [0, 0.1) is 19.7 Å². The molecular weight excluding hydrogens is 589 g/mol. The highest BCUT2D eigenvalue weighted by Crippen LogP contribution is 2.27. The summed E-state index contributed by atoms with van der Waals surface area (Å²) in [5.74, 6) is -1.57. The minimum Gasteiger partial charge on any atom is -0.352 e. The first-order chi connectivity index (χ1) is 21.5. The van der Waals surface area contributed by atoms with Crippen LogP contribution < -0.4 is 9.62 Å². The van der Waals surface area contributed by atoms with Gasteiger partial charge >= 0.3 is 0 Å². The summed E-state index contributed by atoms with van der Waals surface area (Å²) in [5.41, 5.74) is 2.98. The number of halogens is 1. The largest absolute Gasteiger partial charge is 0.352 e. The lowest BCUT2D eigenvalue weighted by Gasteiger charge is -2.34. The average molecular weight is 630 g/mol. The molecule has 236 valence electrons. The standard InChI is InChI=1S/C36H40FN3O4S/c1-5-28(4)38-36(42)34(23-29-14-8-6-9-15-29)39(24-30-16-12-13-19-33(30)37)35(41)25-40(31-21-26(2)20-27(3)22-31)45(43,44)32-17-10-7-11-18-32/h6-22,28,34H,5,23-25H2,1-4H3,(H,38,42)/t28-,34-/m0/s1. The van der Waals surface area contributed by atoms with Crippen molar-refractivity contribution < 1.29 is 22.4 Å². The Labute approximate surface area is 265 Å². The Morgan fingerprint density at radius 2 is 1.42 bits per heavy atom. The Morgan fingerprint density at radius 3 is 2.02 bits per heavy atom. The predicted octanol–water partition coefficient (Wildman–Crippen LogP) is 6.19. The van der Waals surface area contributed by atoms with Crippen molar-refractivity contribution in [1.29, 1.82) is 0 Å². The van der Waals surface area contributed by atoms with Crippen molar-refractivity contribution in [3.63, 3.8) is 0 Å². The molecule has 0 aliphatic carbocycles. The van der Waals surface area contributed by atoms with Gasteiger partial charge in [-0.3, -0.25) is 13.9 Å². The van der Waals surface area contributed by atoms with Gasteiger partial charge in [-0.15, -0.1) is 0 Å². The van der Waals surface area contributed by atoms with E-state index in [0.717, 1.165) is 21.0 Å². The molecule has 7 nitrogen and oxygen atoms in total. The van der Waals surface area contributed by atoms with Crippen molar-refractivity contribution >= 4 is 27.5 Å². The average Bonchev–Trinajstić information content (AvgIpc) is 3.02. The molecule has 0 aliphatic heterocycles. The summed E-state index contributed by atoms with van der Waals surface area (Å²) in [4.78, 5) is 29.7. The Hall–Kier alpha value is -4.50.